The van der Waals surface area contributed by atoms with Crippen molar-refractivity contribution in [3.8, 4) is 17.6 Å². The summed E-state index contributed by atoms with van der Waals surface area (Å²) in [4.78, 5) is 14.6. The van der Waals surface area contributed by atoms with E-state index in [2.05, 4.69) is 20.9 Å². The van der Waals surface area contributed by atoms with Crippen LogP contribution in [0.1, 0.15) is 12.0 Å². The molecule has 0 radical (unpaired) electrons. The lowest BCUT2D eigenvalue weighted by atomic mass is 10.2. The number of phenolic OH excluding ortho intramolecular Hbond substituents is 1. The van der Waals surface area contributed by atoms with E-state index in [1.807, 2.05) is 0 Å². The molecule has 17 heavy (non-hydrogen) atoms. The highest BCUT2D eigenvalue weighted by Crippen LogP contribution is 2.34. The van der Waals surface area contributed by atoms with Gasteiger partial charge in [0.1, 0.15) is 6.42 Å². The fourth-order valence-electron chi connectivity index (χ4n) is 1.08. The van der Waals surface area contributed by atoms with Crippen molar-refractivity contribution in [1.29, 1.82) is 5.26 Å². The Labute approximate surface area is 106 Å². The topological polar surface area (TPSA) is 82.7 Å². The summed E-state index contributed by atoms with van der Waals surface area (Å²) in [6.07, 6.45) is 1.05. The van der Waals surface area contributed by atoms with Crippen LogP contribution in [0.2, 0.25) is 0 Å². The molecule has 5 nitrogen and oxygen atoms in total. The number of hydrogen-bond donors (Lipinski definition) is 1. The Morgan fingerprint density at radius 1 is 1.71 bits per heavy atom. The molecule has 1 aromatic rings. The second-order valence-electron chi connectivity index (χ2n) is 3.04. The number of aromatic hydroxyl groups is 1. The van der Waals surface area contributed by atoms with E-state index in [4.69, 9.17) is 10.00 Å². The van der Waals surface area contributed by atoms with Gasteiger partial charge < -0.3 is 9.84 Å². The summed E-state index contributed by atoms with van der Waals surface area (Å²) in [5.74, 6) is -0.266. The smallest absolute Gasteiger partial charge is 0.259 e. The Hall–Kier alpha value is -1.87. The first-order chi connectivity index (χ1) is 8.08. The summed E-state index contributed by atoms with van der Waals surface area (Å²) in [5.41, 5.74) is 0.581. The first kappa shape index (κ1) is 13.2. The van der Waals surface area contributed by atoms with Crippen molar-refractivity contribution in [2.75, 3.05) is 7.11 Å². The molecule has 0 unspecified atom stereocenters. The molecular formula is C11H9BrN2O3. The van der Waals surface area contributed by atoms with Crippen molar-refractivity contribution in [1.82, 2.24) is 0 Å². The molecule has 6 heteroatoms. The second-order valence-corrected chi connectivity index (χ2v) is 3.89. The number of ether oxygens (including phenoxy) is 1. The minimum atomic E-state index is -0.518. The third kappa shape index (κ3) is 3.57. The maximum Gasteiger partial charge on any atom is 0.259 e. The Bertz CT molecular complexity index is 506. The lowest BCUT2D eigenvalue weighted by Gasteiger charge is -2.05. The average molecular weight is 297 g/mol. The standard InChI is InChI=1S/C11H9BrN2O3/c1-17-9-5-7(4-8(12)11(9)16)6-14-10(15)2-3-13/h4-6,16H,2H2,1H3. The minimum absolute atomic E-state index is 0.0204. The van der Waals surface area contributed by atoms with E-state index >= 15 is 0 Å². The number of phenols is 1. The number of halogens is 1. The normalized spacial score (nSPS) is 10.2. The number of hydrogen-bond acceptors (Lipinski definition) is 4. The molecule has 0 aliphatic carbocycles. The van der Waals surface area contributed by atoms with Gasteiger partial charge in [-0.05, 0) is 33.6 Å². The summed E-state index contributed by atoms with van der Waals surface area (Å²) in [5, 5.41) is 17.8. The molecule has 0 spiro atoms. The van der Waals surface area contributed by atoms with E-state index < -0.39 is 5.91 Å². The van der Waals surface area contributed by atoms with Crippen molar-refractivity contribution in [3.63, 3.8) is 0 Å². The number of rotatable bonds is 3. The number of carbonyl (C=O) groups is 1. The van der Waals surface area contributed by atoms with E-state index in [0.29, 0.717) is 10.0 Å². The van der Waals surface area contributed by atoms with Crippen LogP contribution < -0.4 is 4.74 Å². The first-order valence-corrected chi connectivity index (χ1v) is 5.38. The summed E-state index contributed by atoms with van der Waals surface area (Å²) in [6, 6.07) is 4.82. The monoisotopic (exact) mass is 296 g/mol. The molecule has 0 saturated heterocycles. The number of carbonyl (C=O) groups excluding carboxylic acids is 1. The van der Waals surface area contributed by atoms with E-state index in [1.54, 1.807) is 12.1 Å². The van der Waals surface area contributed by atoms with Crippen molar-refractivity contribution in [2.24, 2.45) is 4.99 Å². The van der Waals surface area contributed by atoms with Gasteiger partial charge >= 0.3 is 0 Å². The molecule has 0 aromatic heterocycles. The Morgan fingerprint density at radius 2 is 2.41 bits per heavy atom. The van der Waals surface area contributed by atoms with Crippen LogP contribution in [0.25, 0.3) is 0 Å². The van der Waals surface area contributed by atoms with Crippen LogP contribution in [0.5, 0.6) is 11.5 Å². The molecule has 1 amide bonds. The predicted molar refractivity (Wildman–Crippen MR) is 65.2 cm³/mol. The molecule has 1 rings (SSSR count). The van der Waals surface area contributed by atoms with Gasteiger partial charge in [0, 0.05) is 6.21 Å². The van der Waals surface area contributed by atoms with Gasteiger partial charge in [-0.25, -0.2) is 4.99 Å². The van der Waals surface area contributed by atoms with Crippen LogP contribution in [-0.2, 0) is 4.79 Å². The number of nitrogens with zero attached hydrogens (tertiary/aromatic N) is 2. The number of amides is 1. The molecule has 0 aliphatic rings. The van der Waals surface area contributed by atoms with E-state index in [1.165, 1.54) is 19.4 Å². The Balaban J connectivity index is 2.97. The van der Waals surface area contributed by atoms with Crippen molar-refractivity contribution < 1.29 is 14.6 Å². The lowest BCUT2D eigenvalue weighted by molar-refractivity contribution is -0.116. The SMILES string of the molecule is COc1cc(C=NC(=O)CC#N)cc(Br)c1O. The fraction of sp³-hybridized carbons (Fsp3) is 0.182. The van der Waals surface area contributed by atoms with Gasteiger partial charge in [-0.3, -0.25) is 4.79 Å². The van der Waals surface area contributed by atoms with Gasteiger partial charge in [0.25, 0.3) is 5.91 Å². The molecule has 0 bridgehead atoms. The molecule has 1 N–H and O–H groups in total. The molecule has 0 fully saturated rings. The van der Waals surface area contributed by atoms with Gasteiger partial charge in [0.2, 0.25) is 0 Å². The molecule has 0 saturated carbocycles. The molecular weight excluding hydrogens is 288 g/mol. The summed E-state index contributed by atoms with van der Waals surface area (Å²) < 4.78 is 5.38. The van der Waals surface area contributed by atoms with Crippen LogP contribution in [0, 0.1) is 11.3 Å². The van der Waals surface area contributed by atoms with Crippen LogP contribution >= 0.6 is 15.9 Å². The fourth-order valence-corrected chi connectivity index (χ4v) is 1.54. The van der Waals surface area contributed by atoms with Crippen LogP contribution in [0.15, 0.2) is 21.6 Å². The van der Waals surface area contributed by atoms with Crippen LogP contribution in [0.4, 0.5) is 0 Å². The number of benzene rings is 1. The Kier molecular flexibility index (Phi) is 4.67. The van der Waals surface area contributed by atoms with Gasteiger partial charge in [0.15, 0.2) is 11.5 Å². The quantitative estimate of drug-likeness (QED) is 0.865. The lowest BCUT2D eigenvalue weighted by Crippen LogP contribution is -1.93. The number of aliphatic imine (C=N–C) groups is 1. The highest BCUT2D eigenvalue weighted by molar-refractivity contribution is 9.10. The second kappa shape index (κ2) is 6.01. The molecule has 88 valence electrons. The molecule has 0 aliphatic heterocycles. The average Bonchev–Trinajstić information content (AvgIpc) is 2.31. The zero-order chi connectivity index (χ0) is 12.8. The minimum Gasteiger partial charge on any atom is -0.503 e. The van der Waals surface area contributed by atoms with Crippen molar-refractivity contribution in [3.05, 3.63) is 22.2 Å². The maximum atomic E-state index is 11.0. The number of nitriles is 1. The molecule has 0 atom stereocenters. The third-order valence-electron chi connectivity index (χ3n) is 1.86. The van der Waals surface area contributed by atoms with Crippen molar-refractivity contribution in [2.45, 2.75) is 6.42 Å². The predicted octanol–water partition coefficient (Wildman–Crippen LogP) is 2.02. The molecule has 0 heterocycles. The van der Waals surface area contributed by atoms with Gasteiger partial charge in [0.05, 0.1) is 17.7 Å². The summed E-state index contributed by atoms with van der Waals surface area (Å²) in [7, 11) is 1.42. The van der Waals surface area contributed by atoms with Crippen LogP contribution in [0.3, 0.4) is 0 Å². The van der Waals surface area contributed by atoms with E-state index in [-0.39, 0.29) is 17.9 Å². The highest BCUT2D eigenvalue weighted by atomic mass is 79.9. The number of methoxy groups -OCH3 is 1. The van der Waals surface area contributed by atoms with E-state index in [9.17, 15) is 9.90 Å². The molecule has 1 aromatic carbocycles. The third-order valence-corrected chi connectivity index (χ3v) is 2.46. The van der Waals surface area contributed by atoms with Crippen LogP contribution in [-0.4, -0.2) is 24.3 Å². The zero-order valence-electron chi connectivity index (χ0n) is 8.98. The maximum absolute atomic E-state index is 11.0. The van der Waals surface area contributed by atoms with Gasteiger partial charge in [-0.15, -0.1) is 0 Å². The largest absolute Gasteiger partial charge is 0.503 e. The summed E-state index contributed by atoms with van der Waals surface area (Å²) in [6.45, 7) is 0. The van der Waals surface area contributed by atoms with Gasteiger partial charge in [-0.2, -0.15) is 5.26 Å². The zero-order valence-corrected chi connectivity index (χ0v) is 10.6. The summed E-state index contributed by atoms with van der Waals surface area (Å²) >= 11 is 3.15. The highest BCUT2D eigenvalue weighted by Gasteiger charge is 2.07. The van der Waals surface area contributed by atoms with Crippen molar-refractivity contribution >= 4 is 28.1 Å². The van der Waals surface area contributed by atoms with Gasteiger partial charge in [-0.1, -0.05) is 0 Å². The Morgan fingerprint density at radius 3 is 3.00 bits per heavy atom. The first-order valence-electron chi connectivity index (χ1n) is 4.58. The van der Waals surface area contributed by atoms with E-state index in [0.717, 1.165) is 0 Å².